The van der Waals surface area contributed by atoms with Gasteiger partial charge in [-0.1, -0.05) is 20.8 Å². The molecule has 0 spiro atoms. The molecule has 1 aliphatic heterocycles. The number of fused-ring (bicyclic) bond motifs is 1. The first kappa shape index (κ1) is 9.31. The first-order valence-electron chi connectivity index (χ1n) is 4.94. The number of nitrogens with zero attached hydrogens (tertiary/aromatic N) is 1. The maximum Gasteiger partial charge on any atom is 0.168 e. The van der Waals surface area contributed by atoms with E-state index in [1.54, 1.807) is 0 Å². The molecule has 0 atom stereocenters. The van der Waals surface area contributed by atoms with E-state index < -0.39 is 0 Å². The Morgan fingerprint density at radius 2 is 2.21 bits per heavy atom. The van der Waals surface area contributed by atoms with Crippen molar-refractivity contribution in [3.8, 4) is 5.75 Å². The van der Waals surface area contributed by atoms with Crippen molar-refractivity contribution >= 4 is 5.82 Å². The molecular weight excluding hydrogens is 176 g/mol. The van der Waals surface area contributed by atoms with E-state index in [1.165, 1.54) is 5.56 Å². The standard InChI is InChI=1S/C11H16N2O/c1-11(2,3)8-6-9-10(13-7-8)12-4-5-14-9/h6-7H,4-5H2,1-3H3,(H,12,13). The van der Waals surface area contributed by atoms with E-state index in [9.17, 15) is 0 Å². The summed E-state index contributed by atoms with van der Waals surface area (Å²) >= 11 is 0. The predicted octanol–water partition coefficient (Wildman–Crippen LogP) is 2.18. The van der Waals surface area contributed by atoms with Gasteiger partial charge in [-0.2, -0.15) is 0 Å². The van der Waals surface area contributed by atoms with Crippen molar-refractivity contribution in [2.24, 2.45) is 0 Å². The molecule has 0 bridgehead atoms. The van der Waals surface area contributed by atoms with Crippen LogP contribution in [-0.2, 0) is 5.41 Å². The Labute approximate surface area is 84.5 Å². The lowest BCUT2D eigenvalue weighted by Gasteiger charge is -2.23. The maximum atomic E-state index is 5.53. The van der Waals surface area contributed by atoms with Crippen LogP contribution in [0.2, 0.25) is 0 Å². The number of ether oxygens (including phenoxy) is 1. The van der Waals surface area contributed by atoms with Crippen LogP contribution >= 0.6 is 0 Å². The molecule has 1 N–H and O–H groups in total. The fraction of sp³-hybridized carbons (Fsp3) is 0.545. The summed E-state index contributed by atoms with van der Waals surface area (Å²) in [4.78, 5) is 4.35. The lowest BCUT2D eigenvalue weighted by atomic mass is 9.88. The van der Waals surface area contributed by atoms with E-state index in [1.807, 2.05) is 6.20 Å². The van der Waals surface area contributed by atoms with Gasteiger partial charge in [-0.25, -0.2) is 4.98 Å². The molecule has 76 valence electrons. The molecule has 2 rings (SSSR count). The van der Waals surface area contributed by atoms with E-state index in [2.05, 4.69) is 37.1 Å². The van der Waals surface area contributed by atoms with Gasteiger partial charge in [-0.15, -0.1) is 0 Å². The lowest BCUT2D eigenvalue weighted by molar-refractivity contribution is 0.320. The van der Waals surface area contributed by atoms with Crippen molar-refractivity contribution in [1.29, 1.82) is 0 Å². The second-order valence-electron chi connectivity index (χ2n) is 4.60. The van der Waals surface area contributed by atoms with E-state index in [4.69, 9.17) is 4.74 Å². The molecule has 3 heteroatoms. The molecule has 1 aromatic heterocycles. The summed E-state index contributed by atoms with van der Waals surface area (Å²) in [7, 11) is 0. The summed E-state index contributed by atoms with van der Waals surface area (Å²) in [6.45, 7) is 8.09. The molecule has 1 aromatic rings. The molecule has 0 saturated heterocycles. The highest BCUT2D eigenvalue weighted by Gasteiger charge is 2.18. The number of nitrogens with one attached hydrogen (secondary N) is 1. The average molecular weight is 192 g/mol. The highest BCUT2D eigenvalue weighted by molar-refractivity contribution is 5.53. The number of rotatable bonds is 0. The number of pyridine rings is 1. The largest absolute Gasteiger partial charge is 0.488 e. The Morgan fingerprint density at radius 3 is 2.93 bits per heavy atom. The molecule has 14 heavy (non-hydrogen) atoms. The van der Waals surface area contributed by atoms with E-state index >= 15 is 0 Å². The summed E-state index contributed by atoms with van der Waals surface area (Å²) in [5.74, 6) is 1.74. The summed E-state index contributed by atoms with van der Waals surface area (Å²) < 4.78 is 5.53. The fourth-order valence-electron chi connectivity index (χ4n) is 1.43. The van der Waals surface area contributed by atoms with Crippen LogP contribution in [0.3, 0.4) is 0 Å². The van der Waals surface area contributed by atoms with Crippen LogP contribution < -0.4 is 10.1 Å². The van der Waals surface area contributed by atoms with Gasteiger partial charge >= 0.3 is 0 Å². The molecule has 2 heterocycles. The monoisotopic (exact) mass is 192 g/mol. The van der Waals surface area contributed by atoms with Crippen molar-refractivity contribution in [1.82, 2.24) is 4.98 Å². The third-order valence-corrected chi connectivity index (χ3v) is 2.37. The molecule has 0 radical (unpaired) electrons. The zero-order chi connectivity index (χ0) is 10.2. The van der Waals surface area contributed by atoms with Crippen molar-refractivity contribution in [2.75, 3.05) is 18.5 Å². The van der Waals surface area contributed by atoms with Gasteiger partial charge < -0.3 is 10.1 Å². The Bertz CT molecular complexity index is 342. The average Bonchev–Trinajstić information content (AvgIpc) is 2.16. The van der Waals surface area contributed by atoms with Crippen molar-refractivity contribution in [3.05, 3.63) is 17.8 Å². The summed E-state index contributed by atoms with van der Waals surface area (Å²) in [5, 5.41) is 3.21. The minimum atomic E-state index is 0.128. The van der Waals surface area contributed by atoms with Crippen LogP contribution in [0.25, 0.3) is 0 Å². The molecule has 0 aromatic carbocycles. The third-order valence-electron chi connectivity index (χ3n) is 2.37. The van der Waals surface area contributed by atoms with Crippen molar-refractivity contribution in [3.63, 3.8) is 0 Å². The fourth-order valence-corrected chi connectivity index (χ4v) is 1.43. The van der Waals surface area contributed by atoms with Crippen molar-refractivity contribution < 1.29 is 4.74 Å². The van der Waals surface area contributed by atoms with E-state index in [0.717, 1.165) is 24.7 Å². The molecule has 0 saturated carbocycles. The van der Waals surface area contributed by atoms with Crippen molar-refractivity contribution in [2.45, 2.75) is 26.2 Å². The summed E-state index contributed by atoms with van der Waals surface area (Å²) in [6.07, 6.45) is 1.92. The molecule has 0 fully saturated rings. The number of aromatic nitrogens is 1. The molecule has 3 nitrogen and oxygen atoms in total. The SMILES string of the molecule is CC(C)(C)c1cnc2c(c1)OCCN2. The smallest absolute Gasteiger partial charge is 0.168 e. The zero-order valence-electron chi connectivity index (χ0n) is 8.92. The number of anilines is 1. The lowest BCUT2D eigenvalue weighted by Crippen LogP contribution is -2.20. The van der Waals surface area contributed by atoms with Crippen LogP contribution in [0.1, 0.15) is 26.3 Å². The van der Waals surface area contributed by atoms with E-state index in [0.29, 0.717) is 0 Å². The second-order valence-corrected chi connectivity index (χ2v) is 4.60. The Kier molecular flexibility index (Phi) is 2.10. The Morgan fingerprint density at radius 1 is 1.43 bits per heavy atom. The van der Waals surface area contributed by atoms with Gasteiger partial charge in [-0.05, 0) is 17.0 Å². The molecule has 0 aliphatic carbocycles. The quantitative estimate of drug-likeness (QED) is 0.684. The van der Waals surface area contributed by atoms with Crippen LogP contribution in [0.4, 0.5) is 5.82 Å². The van der Waals surface area contributed by atoms with Gasteiger partial charge in [0.05, 0.1) is 6.54 Å². The number of hydrogen-bond donors (Lipinski definition) is 1. The summed E-state index contributed by atoms with van der Waals surface area (Å²) in [5.41, 5.74) is 1.34. The molecule has 1 aliphatic rings. The normalized spacial score (nSPS) is 15.4. The topological polar surface area (TPSA) is 34.1 Å². The minimum Gasteiger partial charge on any atom is -0.488 e. The Hall–Kier alpha value is -1.25. The highest BCUT2D eigenvalue weighted by atomic mass is 16.5. The summed E-state index contributed by atoms with van der Waals surface area (Å²) in [6, 6.07) is 2.08. The zero-order valence-corrected chi connectivity index (χ0v) is 8.92. The van der Waals surface area contributed by atoms with Gasteiger partial charge in [0.15, 0.2) is 11.6 Å². The first-order valence-corrected chi connectivity index (χ1v) is 4.94. The van der Waals surface area contributed by atoms with Crippen LogP contribution in [0.5, 0.6) is 5.75 Å². The number of hydrogen-bond acceptors (Lipinski definition) is 3. The van der Waals surface area contributed by atoms with Gasteiger partial charge in [0, 0.05) is 6.20 Å². The maximum absolute atomic E-state index is 5.53. The minimum absolute atomic E-state index is 0.128. The van der Waals surface area contributed by atoms with Crippen LogP contribution in [0, 0.1) is 0 Å². The van der Waals surface area contributed by atoms with Gasteiger partial charge in [0.25, 0.3) is 0 Å². The molecule has 0 amide bonds. The van der Waals surface area contributed by atoms with Gasteiger partial charge in [0.2, 0.25) is 0 Å². The predicted molar refractivity (Wildman–Crippen MR) is 56.9 cm³/mol. The van der Waals surface area contributed by atoms with Crippen LogP contribution in [-0.4, -0.2) is 18.1 Å². The molecular formula is C11H16N2O. The van der Waals surface area contributed by atoms with Crippen LogP contribution in [0.15, 0.2) is 12.3 Å². The Balaban J connectivity index is 2.39. The molecule has 0 unspecified atom stereocenters. The van der Waals surface area contributed by atoms with Gasteiger partial charge in [-0.3, -0.25) is 0 Å². The van der Waals surface area contributed by atoms with Gasteiger partial charge in [0.1, 0.15) is 6.61 Å². The highest BCUT2D eigenvalue weighted by Crippen LogP contribution is 2.30. The van der Waals surface area contributed by atoms with E-state index in [-0.39, 0.29) is 5.41 Å². The second kappa shape index (κ2) is 3.15. The first-order chi connectivity index (χ1) is 6.57. The third kappa shape index (κ3) is 1.67.